The number of hydrogen-bond donors (Lipinski definition) is 2. The van der Waals surface area contributed by atoms with E-state index in [0.29, 0.717) is 19.0 Å². The summed E-state index contributed by atoms with van der Waals surface area (Å²) in [4.78, 5) is 15.4. The quantitative estimate of drug-likeness (QED) is 0.761. The zero-order chi connectivity index (χ0) is 13.4. The molecule has 0 saturated heterocycles. The molecule has 100 valence electrons. The maximum atomic E-state index is 11.3. The van der Waals surface area contributed by atoms with Crippen molar-refractivity contribution in [3.63, 3.8) is 0 Å². The molecule has 0 spiro atoms. The molecule has 0 saturated carbocycles. The van der Waals surface area contributed by atoms with E-state index in [1.807, 2.05) is 19.1 Å². The zero-order valence-corrected chi connectivity index (χ0v) is 11.2. The van der Waals surface area contributed by atoms with Gasteiger partial charge in [0.05, 0.1) is 12.6 Å². The molecule has 1 heterocycles. The van der Waals surface area contributed by atoms with E-state index in [-0.39, 0.29) is 12.0 Å². The van der Waals surface area contributed by atoms with Gasteiger partial charge in [-0.3, -0.25) is 4.79 Å². The third-order valence-electron chi connectivity index (χ3n) is 2.52. The van der Waals surface area contributed by atoms with Gasteiger partial charge in [-0.05, 0) is 32.0 Å². The largest absolute Gasteiger partial charge is 0.475 e. The second-order valence-electron chi connectivity index (χ2n) is 4.15. The van der Waals surface area contributed by atoms with Gasteiger partial charge >= 0.3 is 0 Å². The highest BCUT2D eigenvalue weighted by atomic mass is 16.5. The average molecular weight is 251 g/mol. The number of rotatable bonds is 7. The molecule has 0 bridgehead atoms. The Hall–Kier alpha value is -1.62. The number of carbonyl (C=O) groups excluding carboxylic acids is 1. The van der Waals surface area contributed by atoms with Gasteiger partial charge in [0, 0.05) is 18.8 Å². The Labute approximate surface area is 108 Å². The lowest BCUT2D eigenvalue weighted by Crippen LogP contribution is -2.31. The first-order valence-electron chi connectivity index (χ1n) is 6.18. The smallest absolute Gasteiger partial charge is 0.234 e. The van der Waals surface area contributed by atoms with E-state index in [1.165, 1.54) is 0 Å². The summed E-state index contributed by atoms with van der Waals surface area (Å²) >= 11 is 0. The number of pyridine rings is 1. The summed E-state index contributed by atoms with van der Waals surface area (Å²) in [6, 6.07) is 3.72. The summed E-state index contributed by atoms with van der Waals surface area (Å²) in [5.74, 6) is 0.573. The summed E-state index contributed by atoms with van der Waals surface area (Å²) in [6.07, 6.45) is 2.77. The van der Waals surface area contributed by atoms with Gasteiger partial charge in [0.2, 0.25) is 11.8 Å². The van der Waals surface area contributed by atoms with E-state index in [2.05, 4.69) is 22.5 Å². The van der Waals surface area contributed by atoms with E-state index in [0.717, 1.165) is 12.0 Å². The lowest BCUT2D eigenvalue weighted by molar-refractivity contribution is -0.120. The van der Waals surface area contributed by atoms with Gasteiger partial charge in [-0.2, -0.15) is 0 Å². The van der Waals surface area contributed by atoms with Crippen molar-refractivity contribution < 1.29 is 9.53 Å². The molecule has 1 rings (SSSR count). The zero-order valence-electron chi connectivity index (χ0n) is 11.2. The molecule has 5 nitrogen and oxygen atoms in total. The van der Waals surface area contributed by atoms with Crippen LogP contribution in [0.3, 0.4) is 0 Å². The van der Waals surface area contributed by atoms with E-state index in [1.54, 1.807) is 13.2 Å². The molecule has 0 aliphatic rings. The van der Waals surface area contributed by atoms with Crippen LogP contribution in [-0.4, -0.2) is 30.6 Å². The number of aromatic nitrogens is 1. The van der Waals surface area contributed by atoms with Gasteiger partial charge in [0.1, 0.15) is 0 Å². The second kappa shape index (κ2) is 7.66. The Morgan fingerprint density at radius 1 is 1.56 bits per heavy atom. The fourth-order valence-corrected chi connectivity index (χ4v) is 1.34. The molecule has 18 heavy (non-hydrogen) atoms. The standard InChI is InChI=1S/C13H21N3O2/c1-4-10(2)18-13-7-11(5-6-15-13)8-16-12(17)9-14-3/h5-7,10,14H,4,8-9H2,1-3H3,(H,16,17). The van der Waals surface area contributed by atoms with Gasteiger partial charge < -0.3 is 15.4 Å². The third-order valence-corrected chi connectivity index (χ3v) is 2.52. The predicted octanol–water partition coefficient (Wildman–Crippen LogP) is 1.09. The monoisotopic (exact) mass is 251 g/mol. The second-order valence-corrected chi connectivity index (χ2v) is 4.15. The maximum absolute atomic E-state index is 11.3. The van der Waals surface area contributed by atoms with Crippen LogP contribution in [0.5, 0.6) is 5.88 Å². The van der Waals surface area contributed by atoms with Gasteiger partial charge in [0.25, 0.3) is 0 Å². The first kappa shape index (κ1) is 14.4. The molecule has 0 radical (unpaired) electrons. The molecule has 5 heteroatoms. The average Bonchev–Trinajstić information content (AvgIpc) is 2.37. The highest BCUT2D eigenvalue weighted by Crippen LogP contribution is 2.12. The highest BCUT2D eigenvalue weighted by molar-refractivity contribution is 5.77. The molecule has 0 fully saturated rings. The van der Waals surface area contributed by atoms with Crippen LogP contribution in [0.15, 0.2) is 18.3 Å². The van der Waals surface area contributed by atoms with Crippen LogP contribution in [0.25, 0.3) is 0 Å². The Balaban J connectivity index is 2.51. The van der Waals surface area contributed by atoms with Crippen LogP contribution in [0.2, 0.25) is 0 Å². The van der Waals surface area contributed by atoms with Gasteiger partial charge in [0.15, 0.2) is 0 Å². The Morgan fingerprint density at radius 2 is 2.33 bits per heavy atom. The molecule has 0 aliphatic carbocycles. The number of hydrogen-bond acceptors (Lipinski definition) is 4. The summed E-state index contributed by atoms with van der Waals surface area (Å²) < 4.78 is 5.62. The molecule has 1 amide bonds. The minimum Gasteiger partial charge on any atom is -0.475 e. The SMILES string of the molecule is CCC(C)Oc1cc(CNC(=O)CNC)ccn1. The van der Waals surface area contributed by atoms with Crippen LogP contribution in [-0.2, 0) is 11.3 Å². The van der Waals surface area contributed by atoms with E-state index >= 15 is 0 Å². The first-order valence-corrected chi connectivity index (χ1v) is 6.18. The number of ether oxygens (including phenoxy) is 1. The van der Waals surface area contributed by atoms with Crippen molar-refractivity contribution in [2.24, 2.45) is 0 Å². The number of nitrogens with one attached hydrogen (secondary N) is 2. The van der Waals surface area contributed by atoms with Gasteiger partial charge in [-0.1, -0.05) is 6.92 Å². The maximum Gasteiger partial charge on any atom is 0.234 e. The molecule has 1 aromatic heterocycles. The Bertz CT molecular complexity index is 382. The summed E-state index contributed by atoms with van der Waals surface area (Å²) in [7, 11) is 1.74. The molecule has 0 aliphatic heterocycles. The van der Waals surface area contributed by atoms with Crippen molar-refractivity contribution in [3.8, 4) is 5.88 Å². The van der Waals surface area contributed by atoms with Gasteiger partial charge in [-0.15, -0.1) is 0 Å². The van der Waals surface area contributed by atoms with Crippen LogP contribution >= 0.6 is 0 Å². The van der Waals surface area contributed by atoms with E-state index in [9.17, 15) is 4.79 Å². The van der Waals surface area contributed by atoms with E-state index in [4.69, 9.17) is 4.74 Å². The van der Waals surface area contributed by atoms with Crippen molar-refractivity contribution in [3.05, 3.63) is 23.9 Å². The summed E-state index contributed by atoms with van der Waals surface area (Å²) in [5, 5.41) is 5.61. The molecular weight excluding hydrogens is 230 g/mol. The fourth-order valence-electron chi connectivity index (χ4n) is 1.34. The molecule has 1 unspecified atom stereocenters. The highest BCUT2D eigenvalue weighted by Gasteiger charge is 2.04. The first-order chi connectivity index (χ1) is 8.65. The predicted molar refractivity (Wildman–Crippen MR) is 70.4 cm³/mol. The lowest BCUT2D eigenvalue weighted by Gasteiger charge is -2.12. The Morgan fingerprint density at radius 3 is 3.00 bits per heavy atom. The van der Waals surface area contributed by atoms with Crippen molar-refractivity contribution in [2.75, 3.05) is 13.6 Å². The van der Waals surface area contributed by atoms with Crippen molar-refractivity contribution >= 4 is 5.91 Å². The van der Waals surface area contributed by atoms with Crippen LogP contribution < -0.4 is 15.4 Å². The number of likely N-dealkylation sites (N-methyl/N-ethyl adjacent to an activating group) is 1. The molecule has 1 aromatic rings. The lowest BCUT2D eigenvalue weighted by atomic mass is 10.2. The van der Waals surface area contributed by atoms with Crippen molar-refractivity contribution in [2.45, 2.75) is 32.9 Å². The summed E-state index contributed by atoms with van der Waals surface area (Å²) in [6.45, 7) is 4.87. The third kappa shape index (κ3) is 5.14. The van der Waals surface area contributed by atoms with E-state index < -0.39 is 0 Å². The van der Waals surface area contributed by atoms with Crippen LogP contribution in [0.4, 0.5) is 0 Å². The van der Waals surface area contributed by atoms with Crippen LogP contribution in [0.1, 0.15) is 25.8 Å². The number of amides is 1. The van der Waals surface area contributed by atoms with Crippen LogP contribution in [0, 0.1) is 0 Å². The molecule has 0 aromatic carbocycles. The molecule has 2 N–H and O–H groups in total. The number of nitrogens with zero attached hydrogens (tertiary/aromatic N) is 1. The molecule has 1 atom stereocenters. The normalized spacial score (nSPS) is 11.9. The van der Waals surface area contributed by atoms with Crippen molar-refractivity contribution in [1.29, 1.82) is 0 Å². The minimum atomic E-state index is -0.0290. The summed E-state index contributed by atoms with van der Waals surface area (Å²) in [5.41, 5.74) is 0.979. The van der Waals surface area contributed by atoms with Gasteiger partial charge in [-0.25, -0.2) is 4.98 Å². The van der Waals surface area contributed by atoms with Crippen molar-refractivity contribution in [1.82, 2.24) is 15.6 Å². The number of carbonyl (C=O) groups is 1. The molecular formula is C13H21N3O2. The fraction of sp³-hybridized carbons (Fsp3) is 0.538. The Kier molecular flexibility index (Phi) is 6.14. The topological polar surface area (TPSA) is 63.2 Å². The minimum absolute atomic E-state index is 0.0290.